The van der Waals surface area contributed by atoms with E-state index in [0.29, 0.717) is 22.2 Å². The van der Waals surface area contributed by atoms with Crippen molar-refractivity contribution in [2.75, 3.05) is 19.5 Å². The van der Waals surface area contributed by atoms with Crippen LogP contribution in [0.1, 0.15) is 13.8 Å². The lowest BCUT2D eigenvalue weighted by Gasteiger charge is -2.19. The summed E-state index contributed by atoms with van der Waals surface area (Å²) in [4.78, 5) is 11.8. The van der Waals surface area contributed by atoms with Crippen LogP contribution in [-0.2, 0) is 4.79 Å². The SMILES string of the molecule is COc1cc(OC)c(NC(=O)C(C)(C)N)cc1Cl. The van der Waals surface area contributed by atoms with Crippen molar-refractivity contribution in [3.63, 3.8) is 0 Å². The van der Waals surface area contributed by atoms with Crippen molar-refractivity contribution in [1.29, 1.82) is 0 Å². The third kappa shape index (κ3) is 3.27. The maximum atomic E-state index is 11.8. The van der Waals surface area contributed by atoms with Crippen molar-refractivity contribution in [2.45, 2.75) is 19.4 Å². The van der Waals surface area contributed by atoms with Gasteiger partial charge in [0.2, 0.25) is 5.91 Å². The molecular weight excluding hydrogens is 256 g/mol. The van der Waals surface area contributed by atoms with Crippen molar-refractivity contribution in [3.05, 3.63) is 17.2 Å². The number of amides is 1. The van der Waals surface area contributed by atoms with Gasteiger partial charge in [-0.2, -0.15) is 0 Å². The number of nitrogens with one attached hydrogen (secondary N) is 1. The highest BCUT2D eigenvalue weighted by atomic mass is 35.5. The Balaban J connectivity index is 3.09. The number of carbonyl (C=O) groups excluding carboxylic acids is 1. The van der Waals surface area contributed by atoms with E-state index in [1.54, 1.807) is 26.0 Å². The van der Waals surface area contributed by atoms with E-state index in [2.05, 4.69) is 5.32 Å². The number of hydrogen-bond acceptors (Lipinski definition) is 4. The topological polar surface area (TPSA) is 73.6 Å². The molecule has 1 amide bonds. The Hall–Kier alpha value is -1.46. The van der Waals surface area contributed by atoms with Crippen LogP contribution in [0.2, 0.25) is 5.02 Å². The largest absolute Gasteiger partial charge is 0.495 e. The standard InChI is InChI=1S/C12H17ClN2O3/c1-12(2,14)11(16)15-8-5-7(13)9(17-3)6-10(8)18-4/h5-6H,14H2,1-4H3,(H,15,16). The van der Waals surface area contributed by atoms with E-state index in [1.165, 1.54) is 14.2 Å². The summed E-state index contributed by atoms with van der Waals surface area (Å²) < 4.78 is 10.2. The molecule has 0 saturated heterocycles. The first kappa shape index (κ1) is 14.6. The molecule has 0 heterocycles. The van der Waals surface area contributed by atoms with E-state index in [4.69, 9.17) is 26.8 Å². The number of nitrogens with two attached hydrogens (primary N) is 1. The van der Waals surface area contributed by atoms with Gasteiger partial charge in [0.05, 0.1) is 30.5 Å². The van der Waals surface area contributed by atoms with Crippen LogP contribution in [0.4, 0.5) is 5.69 Å². The van der Waals surface area contributed by atoms with Gasteiger partial charge >= 0.3 is 0 Å². The van der Waals surface area contributed by atoms with Gasteiger partial charge in [-0.3, -0.25) is 4.79 Å². The van der Waals surface area contributed by atoms with Crippen LogP contribution < -0.4 is 20.5 Å². The first-order valence-corrected chi connectivity index (χ1v) is 5.69. The predicted octanol–water partition coefficient (Wildman–Crippen LogP) is 2.03. The molecule has 0 fully saturated rings. The van der Waals surface area contributed by atoms with Crippen molar-refractivity contribution in [1.82, 2.24) is 0 Å². The predicted molar refractivity (Wildman–Crippen MR) is 71.5 cm³/mol. The number of anilines is 1. The van der Waals surface area contributed by atoms with Gasteiger partial charge in [-0.05, 0) is 19.9 Å². The van der Waals surface area contributed by atoms with Gasteiger partial charge in [0.15, 0.2) is 0 Å². The molecule has 0 spiro atoms. The molecule has 0 atom stereocenters. The van der Waals surface area contributed by atoms with Gasteiger partial charge in [-0.1, -0.05) is 11.6 Å². The lowest BCUT2D eigenvalue weighted by atomic mass is 10.1. The van der Waals surface area contributed by atoms with Crippen LogP contribution in [0.25, 0.3) is 0 Å². The van der Waals surface area contributed by atoms with Crippen LogP contribution in [0.15, 0.2) is 12.1 Å². The molecule has 0 aromatic heterocycles. The molecule has 0 aliphatic heterocycles. The molecule has 0 saturated carbocycles. The summed E-state index contributed by atoms with van der Waals surface area (Å²) in [6, 6.07) is 3.16. The van der Waals surface area contributed by atoms with Gasteiger partial charge in [0.25, 0.3) is 0 Å². The molecule has 6 heteroatoms. The molecule has 1 aromatic carbocycles. The number of methoxy groups -OCH3 is 2. The minimum Gasteiger partial charge on any atom is -0.495 e. The third-order valence-electron chi connectivity index (χ3n) is 2.31. The lowest BCUT2D eigenvalue weighted by molar-refractivity contribution is -0.120. The molecule has 100 valence electrons. The Bertz CT molecular complexity index is 455. The molecule has 1 aromatic rings. The summed E-state index contributed by atoms with van der Waals surface area (Å²) in [5.41, 5.74) is 5.16. The second kappa shape index (κ2) is 5.46. The van der Waals surface area contributed by atoms with E-state index in [0.717, 1.165) is 0 Å². The Morgan fingerprint density at radius 3 is 2.28 bits per heavy atom. The van der Waals surface area contributed by atoms with Crippen LogP contribution in [0, 0.1) is 0 Å². The van der Waals surface area contributed by atoms with E-state index in [-0.39, 0.29) is 5.91 Å². The molecule has 0 unspecified atom stereocenters. The summed E-state index contributed by atoms with van der Waals surface area (Å²) in [6.07, 6.45) is 0. The number of halogens is 1. The van der Waals surface area contributed by atoms with Crippen molar-refractivity contribution in [2.24, 2.45) is 5.73 Å². The highest BCUT2D eigenvalue weighted by Crippen LogP contribution is 2.36. The van der Waals surface area contributed by atoms with E-state index in [1.807, 2.05) is 0 Å². The summed E-state index contributed by atoms with van der Waals surface area (Å²) >= 11 is 5.99. The van der Waals surface area contributed by atoms with E-state index >= 15 is 0 Å². The molecule has 0 bridgehead atoms. The van der Waals surface area contributed by atoms with Crippen molar-refractivity contribution < 1.29 is 14.3 Å². The molecule has 1 rings (SSSR count). The van der Waals surface area contributed by atoms with Crippen LogP contribution in [-0.4, -0.2) is 25.7 Å². The van der Waals surface area contributed by atoms with Gasteiger partial charge in [0, 0.05) is 6.07 Å². The van der Waals surface area contributed by atoms with Crippen molar-refractivity contribution in [3.8, 4) is 11.5 Å². The third-order valence-corrected chi connectivity index (χ3v) is 2.60. The summed E-state index contributed by atoms with van der Waals surface area (Å²) in [6.45, 7) is 3.22. The summed E-state index contributed by atoms with van der Waals surface area (Å²) in [7, 11) is 2.99. The summed E-state index contributed by atoms with van der Waals surface area (Å²) in [5, 5.41) is 3.04. The molecule has 5 nitrogen and oxygen atoms in total. The zero-order valence-electron chi connectivity index (χ0n) is 10.8. The molecule has 0 radical (unpaired) electrons. The van der Waals surface area contributed by atoms with Gasteiger partial charge in [0.1, 0.15) is 11.5 Å². The van der Waals surface area contributed by atoms with E-state index < -0.39 is 5.54 Å². The minimum absolute atomic E-state index is 0.331. The average Bonchev–Trinajstić information content (AvgIpc) is 2.28. The van der Waals surface area contributed by atoms with Crippen LogP contribution >= 0.6 is 11.6 Å². The maximum Gasteiger partial charge on any atom is 0.243 e. The first-order valence-electron chi connectivity index (χ1n) is 5.31. The van der Waals surface area contributed by atoms with E-state index in [9.17, 15) is 4.79 Å². The Morgan fingerprint density at radius 1 is 1.28 bits per heavy atom. The first-order chi connectivity index (χ1) is 8.29. The number of hydrogen-bond donors (Lipinski definition) is 2. The zero-order chi connectivity index (χ0) is 13.9. The second-order valence-corrected chi connectivity index (χ2v) is 4.77. The van der Waals surface area contributed by atoms with Crippen LogP contribution in [0.3, 0.4) is 0 Å². The fourth-order valence-electron chi connectivity index (χ4n) is 1.24. The highest BCUT2D eigenvalue weighted by molar-refractivity contribution is 6.32. The number of ether oxygens (including phenoxy) is 2. The molecule has 0 aliphatic carbocycles. The van der Waals surface area contributed by atoms with Crippen LogP contribution in [0.5, 0.6) is 11.5 Å². The molecule has 3 N–H and O–H groups in total. The molecule has 0 aliphatic rings. The Labute approximate surface area is 111 Å². The quantitative estimate of drug-likeness (QED) is 0.880. The zero-order valence-corrected chi connectivity index (χ0v) is 11.6. The molecular formula is C12H17ClN2O3. The Kier molecular flexibility index (Phi) is 4.43. The maximum absolute atomic E-state index is 11.8. The second-order valence-electron chi connectivity index (χ2n) is 4.36. The molecule has 18 heavy (non-hydrogen) atoms. The smallest absolute Gasteiger partial charge is 0.243 e. The van der Waals surface area contributed by atoms with Gasteiger partial charge in [-0.15, -0.1) is 0 Å². The highest BCUT2D eigenvalue weighted by Gasteiger charge is 2.23. The fourth-order valence-corrected chi connectivity index (χ4v) is 1.48. The number of carbonyl (C=O) groups is 1. The fraction of sp³-hybridized carbons (Fsp3) is 0.417. The van der Waals surface area contributed by atoms with Gasteiger partial charge in [-0.25, -0.2) is 0 Å². The average molecular weight is 273 g/mol. The van der Waals surface area contributed by atoms with Gasteiger partial charge < -0.3 is 20.5 Å². The number of benzene rings is 1. The monoisotopic (exact) mass is 272 g/mol. The number of rotatable bonds is 4. The minimum atomic E-state index is -0.989. The Morgan fingerprint density at radius 2 is 1.83 bits per heavy atom. The van der Waals surface area contributed by atoms with Crippen molar-refractivity contribution >= 4 is 23.2 Å². The normalized spacial score (nSPS) is 11.0. The summed E-state index contributed by atoms with van der Waals surface area (Å²) in [5.74, 6) is 0.592. The lowest BCUT2D eigenvalue weighted by Crippen LogP contribution is -2.45.